The molecule has 6 aliphatic rings. The summed E-state index contributed by atoms with van der Waals surface area (Å²) in [6.45, 7) is 2.39. The summed E-state index contributed by atoms with van der Waals surface area (Å²) in [6, 6.07) is 0. The molecule has 0 aromatic rings. The Morgan fingerprint density at radius 3 is 2.52 bits per heavy atom. The Balaban J connectivity index is 1.34. The molecule has 1 nitrogen and oxygen atoms in total. The highest BCUT2D eigenvalue weighted by molar-refractivity contribution is 5.61. The van der Waals surface area contributed by atoms with Crippen molar-refractivity contribution in [2.75, 3.05) is 13.1 Å². The molecule has 162 valence electrons. The van der Waals surface area contributed by atoms with E-state index in [-0.39, 0.29) is 0 Å². The van der Waals surface area contributed by atoms with Crippen LogP contribution in [0.3, 0.4) is 0 Å². The molecule has 1 fully saturated rings. The minimum Gasteiger partial charge on any atom is -0.316 e. The molecule has 1 heterocycles. The topological polar surface area (TPSA) is 12.0 Å². The second kappa shape index (κ2) is 8.58. The van der Waals surface area contributed by atoms with Crippen molar-refractivity contribution in [3.63, 3.8) is 0 Å². The molecule has 0 saturated carbocycles. The minimum absolute atomic E-state index is 0.788. The summed E-state index contributed by atoms with van der Waals surface area (Å²) in [5.41, 5.74) is 15.2. The molecule has 1 heteroatoms. The van der Waals surface area contributed by atoms with E-state index in [9.17, 15) is 0 Å². The largest absolute Gasteiger partial charge is 0.316 e. The molecule has 1 N–H and O–H groups in total. The molecule has 0 radical (unpaired) electrons. The van der Waals surface area contributed by atoms with E-state index < -0.39 is 0 Å². The maximum atomic E-state index is 3.54. The van der Waals surface area contributed by atoms with Gasteiger partial charge in [-0.1, -0.05) is 41.5 Å². The van der Waals surface area contributed by atoms with Gasteiger partial charge in [-0.25, -0.2) is 0 Å². The van der Waals surface area contributed by atoms with E-state index >= 15 is 0 Å². The molecule has 5 aliphatic carbocycles. The van der Waals surface area contributed by atoms with Crippen molar-refractivity contribution in [3.05, 3.63) is 80.5 Å². The summed E-state index contributed by atoms with van der Waals surface area (Å²) in [4.78, 5) is 0. The van der Waals surface area contributed by atoms with Crippen LogP contribution in [0.15, 0.2) is 80.5 Å². The van der Waals surface area contributed by atoms with Crippen LogP contribution in [-0.4, -0.2) is 13.1 Å². The Hall–Kier alpha value is -1.86. The highest BCUT2D eigenvalue weighted by Gasteiger charge is 2.28. The van der Waals surface area contributed by atoms with Gasteiger partial charge in [0.15, 0.2) is 0 Å². The molecule has 1 unspecified atom stereocenters. The number of hydrogen-bond acceptors (Lipinski definition) is 1. The Morgan fingerprint density at radius 2 is 1.65 bits per heavy atom. The van der Waals surface area contributed by atoms with Crippen molar-refractivity contribution in [1.82, 2.24) is 5.32 Å². The van der Waals surface area contributed by atoms with E-state index in [0.717, 1.165) is 5.92 Å². The first-order chi connectivity index (χ1) is 15.4. The first kappa shape index (κ1) is 19.8. The monoisotopic (exact) mass is 411 g/mol. The molecule has 6 rings (SSSR count). The molecule has 1 atom stereocenters. The van der Waals surface area contributed by atoms with Crippen molar-refractivity contribution < 1.29 is 0 Å². The van der Waals surface area contributed by atoms with E-state index in [4.69, 9.17) is 0 Å². The lowest BCUT2D eigenvalue weighted by Crippen LogP contribution is -2.15. The number of fused-ring (bicyclic) bond motifs is 1. The van der Waals surface area contributed by atoms with Gasteiger partial charge < -0.3 is 5.32 Å². The molecule has 1 saturated heterocycles. The fourth-order valence-electron chi connectivity index (χ4n) is 6.96. The van der Waals surface area contributed by atoms with Crippen LogP contribution in [0.4, 0.5) is 0 Å². The maximum absolute atomic E-state index is 3.54. The van der Waals surface area contributed by atoms with Crippen LogP contribution in [0.25, 0.3) is 0 Å². The van der Waals surface area contributed by atoms with Gasteiger partial charge in [-0.15, -0.1) is 0 Å². The lowest BCUT2D eigenvalue weighted by atomic mass is 9.72. The minimum atomic E-state index is 0.788. The Kier molecular flexibility index (Phi) is 5.48. The average Bonchev–Trinajstić information content (AvgIpc) is 3.38. The predicted octanol–water partition coefficient (Wildman–Crippen LogP) is 7.57. The molecule has 1 aliphatic heterocycles. The van der Waals surface area contributed by atoms with E-state index in [1.807, 2.05) is 0 Å². The van der Waals surface area contributed by atoms with Crippen LogP contribution in [0.5, 0.6) is 0 Å². The summed E-state index contributed by atoms with van der Waals surface area (Å²) in [5.74, 6) is 0.788. The average molecular weight is 412 g/mol. The molecule has 0 aromatic heterocycles. The van der Waals surface area contributed by atoms with Gasteiger partial charge in [0, 0.05) is 6.54 Å². The summed E-state index contributed by atoms with van der Waals surface area (Å²) in [5, 5.41) is 3.54. The van der Waals surface area contributed by atoms with Crippen molar-refractivity contribution in [3.8, 4) is 0 Å². The second-order valence-corrected chi connectivity index (χ2v) is 10.4. The van der Waals surface area contributed by atoms with Crippen LogP contribution in [0.1, 0.15) is 83.5 Å². The van der Waals surface area contributed by atoms with Crippen LogP contribution >= 0.6 is 0 Å². The second-order valence-electron chi connectivity index (χ2n) is 10.4. The summed E-state index contributed by atoms with van der Waals surface area (Å²) in [6.07, 6.45) is 29.4. The Morgan fingerprint density at radius 1 is 0.742 bits per heavy atom. The lowest BCUT2D eigenvalue weighted by Gasteiger charge is -2.33. The zero-order valence-corrected chi connectivity index (χ0v) is 19.1. The highest BCUT2D eigenvalue weighted by Crippen LogP contribution is 2.46. The van der Waals surface area contributed by atoms with Crippen molar-refractivity contribution in [2.45, 2.75) is 83.5 Å². The lowest BCUT2D eigenvalue weighted by molar-refractivity contribution is 0.635. The van der Waals surface area contributed by atoms with Crippen LogP contribution in [0, 0.1) is 5.92 Å². The smallest absolute Gasteiger partial charge is 0.00174 e. The van der Waals surface area contributed by atoms with Gasteiger partial charge in [0.25, 0.3) is 0 Å². The first-order valence-electron chi connectivity index (χ1n) is 13.0. The quantitative estimate of drug-likeness (QED) is 0.505. The third-order valence-electron chi connectivity index (χ3n) is 8.70. The Labute approximate surface area is 188 Å². The van der Waals surface area contributed by atoms with Crippen LogP contribution < -0.4 is 5.32 Å². The zero-order valence-electron chi connectivity index (χ0n) is 19.1. The third-order valence-corrected chi connectivity index (χ3v) is 8.70. The first-order valence-corrected chi connectivity index (χ1v) is 13.0. The molecule has 0 aromatic carbocycles. The SMILES string of the molecule is C1=CC2=C(C3=CC=C(C4CCNC4)CC3)CCC(C3=CC4=C(CCCC4)CC3)=C2CC1. The maximum Gasteiger partial charge on any atom is 0.00174 e. The van der Waals surface area contributed by atoms with Crippen LogP contribution in [0.2, 0.25) is 0 Å². The molecule has 0 bridgehead atoms. The standard InChI is InChI=1S/C30H37N/c1-2-6-24-19-25(14-11-21(24)5-1)28-16-15-27(29-7-3-4-8-30(28)29)23-12-9-22(10-13-23)26-17-18-31-20-26/h3,7,9,12,19,26,31H,1-2,4-6,8,10-11,13-18,20H2. The molecule has 0 spiro atoms. The predicted molar refractivity (Wildman–Crippen MR) is 131 cm³/mol. The van der Waals surface area contributed by atoms with E-state index in [1.54, 1.807) is 50.2 Å². The fraction of sp³-hybridized carbons (Fsp3) is 0.533. The van der Waals surface area contributed by atoms with Gasteiger partial charge in [-0.05, 0) is 135 Å². The molecule has 31 heavy (non-hydrogen) atoms. The summed E-state index contributed by atoms with van der Waals surface area (Å²) in [7, 11) is 0. The zero-order chi connectivity index (χ0) is 20.6. The fourth-order valence-corrected chi connectivity index (χ4v) is 6.96. The van der Waals surface area contributed by atoms with Crippen molar-refractivity contribution >= 4 is 0 Å². The van der Waals surface area contributed by atoms with E-state index in [1.165, 1.54) is 96.6 Å². The number of hydrogen-bond donors (Lipinski definition) is 1. The molecular weight excluding hydrogens is 374 g/mol. The number of rotatable bonds is 3. The highest BCUT2D eigenvalue weighted by atomic mass is 14.9. The van der Waals surface area contributed by atoms with E-state index in [0.29, 0.717) is 0 Å². The van der Waals surface area contributed by atoms with Crippen LogP contribution in [-0.2, 0) is 0 Å². The van der Waals surface area contributed by atoms with Gasteiger partial charge in [-0.3, -0.25) is 0 Å². The van der Waals surface area contributed by atoms with E-state index in [2.05, 4.69) is 35.7 Å². The van der Waals surface area contributed by atoms with Gasteiger partial charge in [0.1, 0.15) is 0 Å². The van der Waals surface area contributed by atoms with Gasteiger partial charge in [0.2, 0.25) is 0 Å². The summed E-state index contributed by atoms with van der Waals surface area (Å²) >= 11 is 0. The molecular formula is C30H37N. The van der Waals surface area contributed by atoms with Gasteiger partial charge in [-0.2, -0.15) is 0 Å². The van der Waals surface area contributed by atoms with Gasteiger partial charge >= 0.3 is 0 Å². The normalized spacial score (nSPS) is 28.9. The summed E-state index contributed by atoms with van der Waals surface area (Å²) < 4.78 is 0. The van der Waals surface area contributed by atoms with Crippen molar-refractivity contribution in [2.24, 2.45) is 5.92 Å². The Bertz CT molecular complexity index is 981. The van der Waals surface area contributed by atoms with Gasteiger partial charge in [0.05, 0.1) is 0 Å². The molecule has 0 amide bonds. The number of nitrogens with one attached hydrogen (secondary N) is 1. The number of allylic oxidation sites excluding steroid dienone is 13. The van der Waals surface area contributed by atoms with Crippen molar-refractivity contribution in [1.29, 1.82) is 0 Å². The third kappa shape index (κ3) is 3.80.